The minimum Gasteiger partial charge on any atom is -0.478 e. The molecule has 1 unspecified atom stereocenters. The molecule has 0 aliphatic rings. The summed E-state index contributed by atoms with van der Waals surface area (Å²) in [5, 5.41) is 9.30. The molecule has 0 aliphatic heterocycles. The highest BCUT2D eigenvalue weighted by Gasteiger charge is 2.31. The lowest BCUT2D eigenvalue weighted by molar-refractivity contribution is -0.152. The molecule has 1 aromatic carbocycles. The van der Waals surface area contributed by atoms with Gasteiger partial charge in [0.1, 0.15) is 5.75 Å². The van der Waals surface area contributed by atoms with Crippen molar-refractivity contribution in [1.29, 1.82) is 0 Å². The maximum atomic E-state index is 11.3. The van der Waals surface area contributed by atoms with Crippen LogP contribution in [0.1, 0.15) is 77.5 Å². The molecule has 0 fully saturated rings. The monoisotopic (exact) mass is 348 g/mol. The zero-order chi connectivity index (χ0) is 19.5. The lowest BCUT2D eigenvalue weighted by Gasteiger charge is -2.28. The Morgan fingerprint density at radius 3 is 1.92 bits per heavy atom. The molecule has 0 amide bonds. The van der Waals surface area contributed by atoms with Gasteiger partial charge in [0.05, 0.1) is 0 Å². The van der Waals surface area contributed by atoms with Crippen LogP contribution in [0.15, 0.2) is 12.1 Å². The molecule has 1 aromatic rings. The molecule has 0 radical (unpaired) electrons. The Balaban J connectivity index is 3.03. The van der Waals surface area contributed by atoms with Gasteiger partial charge in [-0.05, 0) is 74.5 Å². The molecule has 1 N–H and O–H groups in total. The van der Waals surface area contributed by atoms with E-state index in [1.165, 1.54) is 12.0 Å². The third-order valence-electron chi connectivity index (χ3n) is 5.62. The van der Waals surface area contributed by atoms with E-state index in [-0.39, 0.29) is 0 Å². The number of aliphatic carboxylic acids is 1. The van der Waals surface area contributed by atoms with Crippen molar-refractivity contribution >= 4 is 5.97 Å². The summed E-state index contributed by atoms with van der Waals surface area (Å²) >= 11 is 0. The second-order valence-corrected chi connectivity index (χ2v) is 8.62. The predicted octanol–water partition coefficient (Wildman–Crippen LogP) is 5.97. The fraction of sp³-hybridized carbons (Fsp3) is 0.682. The number of rotatable bonds is 8. The second-order valence-electron chi connectivity index (χ2n) is 8.62. The molecule has 25 heavy (non-hydrogen) atoms. The summed E-state index contributed by atoms with van der Waals surface area (Å²) in [4.78, 5) is 11.3. The van der Waals surface area contributed by atoms with Crippen LogP contribution >= 0.6 is 0 Å². The van der Waals surface area contributed by atoms with Crippen LogP contribution in [0.2, 0.25) is 0 Å². The number of hydrogen-bond donors (Lipinski definition) is 1. The first kappa shape index (κ1) is 21.5. The summed E-state index contributed by atoms with van der Waals surface area (Å²) in [7, 11) is 0. The van der Waals surface area contributed by atoms with Gasteiger partial charge in [0.2, 0.25) is 0 Å². The molecular formula is C22H36O3. The average Bonchev–Trinajstić information content (AvgIpc) is 2.49. The third-order valence-corrected chi connectivity index (χ3v) is 5.62. The van der Waals surface area contributed by atoms with E-state index in [1.807, 2.05) is 13.8 Å². The molecule has 3 heteroatoms. The lowest BCUT2D eigenvalue weighted by atomic mass is 9.79. The Labute approximate surface area is 153 Å². The first-order chi connectivity index (χ1) is 11.4. The van der Waals surface area contributed by atoms with Gasteiger partial charge in [0.25, 0.3) is 0 Å². The highest BCUT2D eigenvalue weighted by Crippen LogP contribution is 2.35. The predicted molar refractivity (Wildman–Crippen MR) is 104 cm³/mol. The van der Waals surface area contributed by atoms with Crippen LogP contribution in [0.3, 0.4) is 0 Å². The maximum absolute atomic E-state index is 11.3. The number of carboxylic acids is 1. The number of ether oxygens (including phenoxy) is 1. The molecule has 3 nitrogen and oxygen atoms in total. The van der Waals surface area contributed by atoms with E-state index in [1.54, 1.807) is 13.8 Å². The summed E-state index contributed by atoms with van der Waals surface area (Å²) in [5.74, 6) is 2.19. The van der Waals surface area contributed by atoms with E-state index < -0.39 is 11.6 Å². The quantitative estimate of drug-likeness (QED) is 0.630. The van der Waals surface area contributed by atoms with Crippen LogP contribution in [0, 0.1) is 31.6 Å². The largest absolute Gasteiger partial charge is 0.478 e. The molecular weight excluding hydrogens is 312 g/mol. The maximum Gasteiger partial charge on any atom is 0.347 e. The van der Waals surface area contributed by atoms with Gasteiger partial charge in [-0.2, -0.15) is 0 Å². The molecule has 1 rings (SSSR count). The summed E-state index contributed by atoms with van der Waals surface area (Å²) in [5.41, 5.74) is 2.07. The number of aryl methyl sites for hydroxylation is 2. The van der Waals surface area contributed by atoms with Crippen LogP contribution < -0.4 is 4.74 Å². The van der Waals surface area contributed by atoms with Gasteiger partial charge in [-0.1, -0.05) is 46.8 Å². The molecule has 0 aromatic heterocycles. The average molecular weight is 349 g/mol. The van der Waals surface area contributed by atoms with Gasteiger partial charge in [-0.15, -0.1) is 0 Å². The molecule has 142 valence electrons. The summed E-state index contributed by atoms with van der Waals surface area (Å²) in [6.45, 7) is 18.7. The van der Waals surface area contributed by atoms with Crippen molar-refractivity contribution in [3.8, 4) is 5.75 Å². The Morgan fingerprint density at radius 1 is 1.04 bits per heavy atom. The molecule has 3 atom stereocenters. The summed E-state index contributed by atoms with van der Waals surface area (Å²) < 4.78 is 5.82. The Kier molecular flexibility index (Phi) is 7.10. The number of benzene rings is 1. The summed E-state index contributed by atoms with van der Waals surface area (Å²) in [6, 6.07) is 4.31. The fourth-order valence-corrected chi connectivity index (χ4v) is 3.10. The smallest absolute Gasteiger partial charge is 0.347 e. The van der Waals surface area contributed by atoms with Gasteiger partial charge in [0, 0.05) is 0 Å². The van der Waals surface area contributed by atoms with Crippen molar-refractivity contribution in [2.24, 2.45) is 17.8 Å². The minimum atomic E-state index is -1.23. The molecule has 0 heterocycles. The first-order valence-electron chi connectivity index (χ1n) is 9.40. The molecule has 0 saturated carbocycles. The topological polar surface area (TPSA) is 46.5 Å². The van der Waals surface area contributed by atoms with Crippen molar-refractivity contribution < 1.29 is 14.6 Å². The molecule has 0 bridgehead atoms. The highest BCUT2D eigenvalue weighted by molar-refractivity contribution is 5.77. The number of carboxylic acid groups (broad SMARTS) is 1. The van der Waals surface area contributed by atoms with Gasteiger partial charge >= 0.3 is 5.97 Å². The van der Waals surface area contributed by atoms with Crippen molar-refractivity contribution in [1.82, 2.24) is 0 Å². The van der Waals surface area contributed by atoms with E-state index in [4.69, 9.17) is 4.74 Å². The zero-order valence-corrected chi connectivity index (χ0v) is 17.4. The molecule has 0 spiro atoms. The zero-order valence-electron chi connectivity index (χ0n) is 17.4. The third kappa shape index (κ3) is 5.49. The van der Waals surface area contributed by atoms with Crippen molar-refractivity contribution in [3.63, 3.8) is 0 Å². The standard InChI is InChI=1S/C22H36O3/c1-13(2)14(3)10-15(4)18(7)19-11-16(5)20(17(6)12-19)25-22(8,9)21(23)24/h11-15,18H,10H2,1-9H3,(H,23,24)/t14?,15-,18+/m1/s1. The van der Waals surface area contributed by atoms with Crippen LogP contribution in [-0.4, -0.2) is 16.7 Å². The van der Waals surface area contributed by atoms with Gasteiger partial charge in [0.15, 0.2) is 5.60 Å². The van der Waals surface area contributed by atoms with Gasteiger partial charge in [-0.3, -0.25) is 0 Å². The van der Waals surface area contributed by atoms with Crippen LogP contribution in [-0.2, 0) is 4.79 Å². The van der Waals surface area contributed by atoms with E-state index >= 15 is 0 Å². The van der Waals surface area contributed by atoms with Crippen LogP contribution in [0.4, 0.5) is 0 Å². The fourth-order valence-electron chi connectivity index (χ4n) is 3.10. The van der Waals surface area contributed by atoms with Crippen LogP contribution in [0.5, 0.6) is 5.75 Å². The normalized spacial score (nSPS) is 15.8. The number of carbonyl (C=O) groups is 1. The van der Waals surface area contributed by atoms with Gasteiger partial charge in [-0.25, -0.2) is 4.79 Å². The molecule has 0 aliphatic carbocycles. The second kappa shape index (κ2) is 8.25. The minimum absolute atomic E-state index is 0.458. The van der Waals surface area contributed by atoms with Crippen molar-refractivity contribution in [3.05, 3.63) is 28.8 Å². The molecule has 0 saturated heterocycles. The van der Waals surface area contributed by atoms with E-state index in [0.29, 0.717) is 29.4 Å². The van der Waals surface area contributed by atoms with E-state index in [2.05, 4.69) is 46.8 Å². The Bertz CT molecular complexity index is 578. The van der Waals surface area contributed by atoms with E-state index in [9.17, 15) is 9.90 Å². The summed E-state index contributed by atoms with van der Waals surface area (Å²) in [6.07, 6.45) is 1.21. The van der Waals surface area contributed by atoms with E-state index in [0.717, 1.165) is 11.1 Å². The SMILES string of the molecule is Cc1cc([C@@H](C)[C@H](C)CC(C)C(C)C)cc(C)c1OC(C)(C)C(=O)O. The first-order valence-corrected chi connectivity index (χ1v) is 9.40. The lowest BCUT2D eigenvalue weighted by Crippen LogP contribution is -2.38. The van der Waals surface area contributed by atoms with Crippen LogP contribution in [0.25, 0.3) is 0 Å². The van der Waals surface area contributed by atoms with Crippen molar-refractivity contribution in [2.75, 3.05) is 0 Å². The highest BCUT2D eigenvalue weighted by atomic mass is 16.5. The Hall–Kier alpha value is -1.51. The van der Waals surface area contributed by atoms with Crippen molar-refractivity contribution in [2.45, 2.75) is 80.3 Å². The number of hydrogen-bond acceptors (Lipinski definition) is 2. The Morgan fingerprint density at radius 2 is 1.52 bits per heavy atom. The van der Waals surface area contributed by atoms with Gasteiger partial charge < -0.3 is 9.84 Å².